The summed E-state index contributed by atoms with van der Waals surface area (Å²) in [5.41, 5.74) is 1.70. The van der Waals surface area contributed by atoms with E-state index in [0.29, 0.717) is 6.54 Å². The molecule has 2 N–H and O–H groups in total. The van der Waals surface area contributed by atoms with E-state index in [2.05, 4.69) is 34.5 Å². The topological polar surface area (TPSA) is 72.3 Å². The number of nitrogens with zero attached hydrogens (tertiary/aromatic N) is 1. The highest BCUT2D eigenvalue weighted by Gasteiger charge is 2.28. The maximum atomic E-state index is 12.2. The second-order valence-electron chi connectivity index (χ2n) is 8.44. The summed E-state index contributed by atoms with van der Waals surface area (Å²) in [5.74, 6) is -0.655. The SMILES string of the molecule is CN(C)c1ccc([C@@H](CNC(=O)COC(=O)C(C)(C)C)[NH+]2CCOCC2)cc1. The molecule has 1 atom stereocenters. The Bertz CT molecular complexity index is 647. The average molecular weight is 393 g/mol. The van der Waals surface area contributed by atoms with Crippen LogP contribution in [0.2, 0.25) is 0 Å². The summed E-state index contributed by atoms with van der Waals surface area (Å²) >= 11 is 0. The molecule has 0 unspecified atom stereocenters. The number of benzene rings is 1. The van der Waals surface area contributed by atoms with Gasteiger partial charge >= 0.3 is 5.97 Å². The van der Waals surface area contributed by atoms with Gasteiger partial charge in [-0.3, -0.25) is 9.59 Å². The first-order valence-electron chi connectivity index (χ1n) is 9.82. The third-order valence-electron chi connectivity index (χ3n) is 4.89. The third kappa shape index (κ3) is 6.49. The summed E-state index contributed by atoms with van der Waals surface area (Å²) < 4.78 is 10.6. The van der Waals surface area contributed by atoms with Crippen LogP contribution in [0.3, 0.4) is 0 Å². The minimum atomic E-state index is -0.616. The van der Waals surface area contributed by atoms with Gasteiger partial charge in [0.05, 0.1) is 25.2 Å². The normalized spacial score (nSPS) is 16.3. The van der Waals surface area contributed by atoms with Crippen LogP contribution in [0, 0.1) is 5.41 Å². The number of esters is 1. The third-order valence-corrected chi connectivity index (χ3v) is 4.89. The summed E-state index contributed by atoms with van der Waals surface area (Å²) in [7, 11) is 4.03. The first-order valence-corrected chi connectivity index (χ1v) is 9.82. The van der Waals surface area contributed by atoms with Crippen molar-refractivity contribution in [2.45, 2.75) is 26.8 Å². The van der Waals surface area contributed by atoms with Crippen molar-refractivity contribution in [3.05, 3.63) is 29.8 Å². The van der Waals surface area contributed by atoms with E-state index in [-0.39, 0.29) is 24.5 Å². The van der Waals surface area contributed by atoms with Crippen molar-refractivity contribution in [2.75, 3.05) is 58.5 Å². The molecule has 0 radical (unpaired) electrons. The molecule has 1 aliphatic heterocycles. The summed E-state index contributed by atoms with van der Waals surface area (Å²) in [6.45, 7) is 8.78. The van der Waals surface area contributed by atoms with Crippen molar-refractivity contribution >= 4 is 17.6 Å². The zero-order valence-electron chi connectivity index (χ0n) is 17.7. The van der Waals surface area contributed by atoms with Gasteiger partial charge in [-0.25, -0.2) is 0 Å². The van der Waals surface area contributed by atoms with E-state index in [9.17, 15) is 9.59 Å². The molecule has 0 aliphatic carbocycles. The van der Waals surface area contributed by atoms with Gasteiger partial charge in [0.1, 0.15) is 19.1 Å². The number of ether oxygens (including phenoxy) is 2. The van der Waals surface area contributed by atoms with Crippen LogP contribution in [0.1, 0.15) is 32.4 Å². The fourth-order valence-corrected chi connectivity index (χ4v) is 3.10. The number of hydrogen-bond donors (Lipinski definition) is 2. The largest absolute Gasteiger partial charge is 0.455 e. The van der Waals surface area contributed by atoms with Crippen LogP contribution in [0.15, 0.2) is 24.3 Å². The molecular formula is C21H34N3O4+. The van der Waals surface area contributed by atoms with Crippen LogP contribution in [-0.4, -0.2) is 65.4 Å². The van der Waals surface area contributed by atoms with Crippen LogP contribution in [0.5, 0.6) is 0 Å². The number of morpholine rings is 1. The number of nitrogens with one attached hydrogen (secondary N) is 2. The lowest BCUT2D eigenvalue weighted by atomic mass is 9.97. The lowest BCUT2D eigenvalue weighted by Gasteiger charge is -2.32. The Morgan fingerprint density at radius 1 is 1.18 bits per heavy atom. The van der Waals surface area contributed by atoms with Crippen LogP contribution in [-0.2, 0) is 19.1 Å². The second kappa shape index (κ2) is 9.89. The Labute approximate surface area is 168 Å². The minimum absolute atomic E-state index is 0.127. The fourth-order valence-electron chi connectivity index (χ4n) is 3.10. The second-order valence-corrected chi connectivity index (χ2v) is 8.44. The minimum Gasteiger partial charge on any atom is -0.455 e. The monoisotopic (exact) mass is 392 g/mol. The number of carbonyl (C=O) groups excluding carboxylic acids is 2. The van der Waals surface area contributed by atoms with Crippen LogP contribution >= 0.6 is 0 Å². The van der Waals surface area contributed by atoms with Gasteiger partial charge in [-0.2, -0.15) is 0 Å². The molecule has 1 aromatic carbocycles. The number of anilines is 1. The first kappa shape index (κ1) is 22.2. The molecule has 1 saturated heterocycles. The van der Waals surface area contributed by atoms with E-state index < -0.39 is 5.41 Å². The van der Waals surface area contributed by atoms with Crippen LogP contribution < -0.4 is 15.1 Å². The van der Waals surface area contributed by atoms with E-state index in [4.69, 9.17) is 9.47 Å². The van der Waals surface area contributed by atoms with Gasteiger partial charge in [0.25, 0.3) is 5.91 Å². The smallest absolute Gasteiger partial charge is 0.311 e. The van der Waals surface area contributed by atoms with Gasteiger partial charge in [0.15, 0.2) is 6.61 Å². The van der Waals surface area contributed by atoms with Crippen molar-refractivity contribution < 1.29 is 24.0 Å². The predicted molar refractivity (Wildman–Crippen MR) is 108 cm³/mol. The lowest BCUT2D eigenvalue weighted by Crippen LogP contribution is -3.15. The quantitative estimate of drug-likeness (QED) is 0.658. The van der Waals surface area contributed by atoms with Gasteiger partial charge in [-0.1, -0.05) is 12.1 Å². The number of amides is 1. The van der Waals surface area contributed by atoms with Crippen LogP contribution in [0.25, 0.3) is 0 Å². The Balaban J connectivity index is 1.99. The predicted octanol–water partition coefficient (Wildman–Crippen LogP) is 0.414. The standard InChI is InChI=1S/C21H33N3O4/c1-21(2,3)20(26)28-15-19(25)22-14-18(24-10-12-27-13-11-24)16-6-8-17(9-7-16)23(4)5/h6-9,18H,10-15H2,1-5H3,(H,22,25)/p+1/t18-/m1/s1. The van der Waals surface area contributed by atoms with E-state index in [1.54, 1.807) is 20.8 Å². The van der Waals surface area contributed by atoms with Gasteiger partial charge < -0.3 is 24.6 Å². The number of quaternary nitrogens is 1. The van der Waals surface area contributed by atoms with Crippen LogP contribution in [0.4, 0.5) is 5.69 Å². The number of hydrogen-bond acceptors (Lipinski definition) is 5. The molecule has 0 bridgehead atoms. The van der Waals surface area contributed by atoms with Crippen molar-refractivity contribution in [1.82, 2.24) is 5.32 Å². The van der Waals surface area contributed by atoms with Gasteiger partial charge in [0.2, 0.25) is 0 Å². The van der Waals surface area contributed by atoms with Gasteiger partial charge in [-0.15, -0.1) is 0 Å². The molecule has 7 nitrogen and oxygen atoms in total. The molecule has 7 heteroatoms. The summed E-state index contributed by atoms with van der Waals surface area (Å²) in [5, 5.41) is 2.93. The van der Waals surface area contributed by atoms with Gasteiger partial charge in [-0.05, 0) is 32.9 Å². The molecular weight excluding hydrogens is 358 g/mol. The van der Waals surface area contributed by atoms with E-state index >= 15 is 0 Å². The van der Waals surface area contributed by atoms with E-state index in [0.717, 1.165) is 32.0 Å². The Hall–Kier alpha value is -2.12. The van der Waals surface area contributed by atoms with E-state index in [1.165, 1.54) is 10.5 Å². The molecule has 28 heavy (non-hydrogen) atoms. The van der Waals surface area contributed by atoms with Crippen molar-refractivity contribution in [1.29, 1.82) is 0 Å². The van der Waals surface area contributed by atoms with Gasteiger partial charge in [0, 0.05) is 25.3 Å². The Morgan fingerprint density at radius 3 is 2.32 bits per heavy atom. The Kier molecular flexibility index (Phi) is 7.83. The average Bonchev–Trinajstić information content (AvgIpc) is 2.66. The molecule has 0 saturated carbocycles. The Morgan fingerprint density at radius 2 is 1.79 bits per heavy atom. The maximum Gasteiger partial charge on any atom is 0.311 e. The molecule has 1 fully saturated rings. The van der Waals surface area contributed by atoms with Crippen molar-refractivity contribution in [2.24, 2.45) is 5.41 Å². The van der Waals surface area contributed by atoms with Crippen molar-refractivity contribution in [3.8, 4) is 0 Å². The molecule has 1 aliphatic rings. The molecule has 0 spiro atoms. The molecule has 1 heterocycles. The lowest BCUT2D eigenvalue weighted by molar-refractivity contribution is -0.937. The summed E-state index contributed by atoms with van der Waals surface area (Å²) in [6, 6.07) is 8.55. The zero-order valence-corrected chi connectivity index (χ0v) is 17.7. The fraction of sp³-hybridized carbons (Fsp3) is 0.619. The summed E-state index contributed by atoms with van der Waals surface area (Å²) in [6.07, 6.45) is 0. The zero-order chi connectivity index (χ0) is 20.7. The molecule has 2 rings (SSSR count). The number of carbonyl (C=O) groups is 2. The molecule has 156 valence electrons. The van der Waals surface area contributed by atoms with Crippen molar-refractivity contribution in [3.63, 3.8) is 0 Å². The maximum absolute atomic E-state index is 12.2. The molecule has 1 aromatic rings. The molecule has 1 amide bonds. The highest BCUT2D eigenvalue weighted by Crippen LogP contribution is 2.17. The molecule has 0 aromatic heterocycles. The first-order chi connectivity index (χ1) is 13.2. The number of rotatable bonds is 7. The highest BCUT2D eigenvalue weighted by molar-refractivity contribution is 5.82. The highest BCUT2D eigenvalue weighted by atomic mass is 16.5. The summed E-state index contributed by atoms with van der Waals surface area (Å²) in [4.78, 5) is 27.5. The van der Waals surface area contributed by atoms with E-state index in [1.807, 2.05) is 14.1 Å².